The van der Waals surface area contributed by atoms with Crippen LogP contribution in [0.25, 0.3) is 0 Å². The molecule has 3 rings (SSSR count). The van der Waals surface area contributed by atoms with Crippen LogP contribution >= 0.6 is 0 Å². The molecule has 100 valence electrons. The van der Waals surface area contributed by atoms with E-state index in [4.69, 9.17) is 0 Å². The van der Waals surface area contributed by atoms with Crippen LogP contribution in [0.3, 0.4) is 0 Å². The molecule has 20 heavy (non-hydrogen) atoms. The fraction of sp³-hybridized carbons (Fsp3) is 0.176. The SMILES string of the molecule is CC(c1ccccc1)C1(c2ccccc2)C(=O)OC1=O. The van der Waals surface area contributed by atoms with E-state index in [0.29, 0.717) is 5.56 Å². The lowest BCUT2D eigenvalue weighted by atomic mass is 9.65. The third-order valence-electron chi connectivity index (χ3n) is 4.01. The van der Waals surface area contributed by atoms with Gasteiger partial charge in [-0.1, -0.05) is 67.6 Å². The van der Waals surface area contributed by atoms with E-state index in [9.17, 15) is 9.59 Å². The van der Waals surface area contributed by atoms with Crippen LogP contribution in [0.2, 0.25) is 0 Å². The predicted molar refractivity (Wildman–Crippen MR) is 74.1 cm³/mol. The Hall–Kier alpha value is -2.42. The van der Waals surface area contributed by atoms with Crippen LogP contribution in [-0.4, -0.2) is 11.9 Å². The summed E-state index contributed by atoms with van der Waals surface area (Å²) in [7, 11) is 0. The first kappa shape index (κ1) is 12.6. The van der Waals surface area contributed by atoms with Crippen LogP contribution in [0.4, 0.5) is 0 Å². The molecule has 0 radical (unpaired) electrons. The molecule has 1 saturated heterocycles. The van der Waals surface area contributed by atoms with Gasteiger partial charge >= 0.3 is 11.9 Å². The smallest absolute Gasteiger partial charge is 0.336 e. The van der Waals surface area contributed by atoms with Crippen LogP contribution in [0.15, 0.2) is 60.7 Å². The molecule has 0 spiro atoms. The summed E-state index contributed by atoms with van der Waals surface area (Å²) in [5.74, 6) is -1.20. The van der Waals surface area contributed by atoms with E-state index in [1.165, 1.54) is 0 Å². The highest BCUT2D eigenvalue weighted by Crippen LogP contribution is 2.46. The van der Waals surface area contributed by atoms with Crippen molar-refractivity contribution in [3.8, 4) is 0 Å². The second-order valence-electron chi connectivity index (χ2n) is 4.98. The van der Waals surface area contributed by atoms with Crippen molar-refractivity contribution < 1.29 is 14.3 Å². The lowest BCUT2D eigenvalue weighted by Crippen LogP contribution is -2.59. The van der Waals surface area contributed by atoms with Gasteiger partial charge in [-0.15, -0.1) is 0 Å². The molecule has 1 aliphatic rings. The molecule has 1 unspecified atom stereocenters. The number of carbonyl (C=O) groups excluding carboxylic acids is 2. The maximum atomic E-state index is 12.1. The summed E-state index contributed by atoms with van der Waals surface area (Å²) in [6, 6.07) is 18.7. The molecule has 0 N–H and O–H groups in total. The lowest BCUT2D eigenvalue weighted by Gasteiger charge is -2.41. The molecular weight excluding hydrogens is 252 g/mol. The van der Waals surface area contributed by atoms with Gasteiger partial charge in [0.25, 0.3) is 0 Å². The fourth-order valence-electron chi connectivity index (χ4n) is 2.81. The van der Waals surface area contributed by atoms with Gasteiger partial charge in [0.15, 0.2) is 5.41 Å². The maximum Gasteiger partial charge on any atom is 0.336 e. The lowest BCUT2D eigenvalue weighted by molar-refractivity contribution is -0.189. The normalized spacial score (nSPS) is 18.1. The maximum absolute atomic E-state index is 12.1. The van der Waals surface area contributed by atoms with Crippen LogP contribution < -0.4 is 0 Å². The Kier molecular flexibility index (Phi) is 2.90. The number of cyclic esters (lactones) is 2. The summed E-state index contributed by atoms with van der Waals surface area (Å²) in [5.41, 5.74) is 0.432. The third kappa shape index (κ3) is 1.59. The molecule has 0 bridgehead atoms. The molecule has 3 nitrogen and oxygen atoms in total. The van der Waals surface area contributed by atoms with Crippen molar-refractivity contribution in [2.75, 3.05) is 0 Å². The Labute approximate surface area is 117 Å². The molecule has 1 heterocycles. The molecule has 2 aromatic rings. The molecular formula is C17H14O3. The van der Waals surface area contributed by atoms with Gasteiger partial charge in [0.1, 0.15) is 0 Å². The van der Waals surface area contributed by atoms with Crippen molar-refractivity contribution in [3.05, 3.63) is 71.8 Å². The van der Waals surface area contributed by atoms with Crippen molar-refractivity contribution >= 4 is 11.9 Å². The van der Waals surface area contributed by atoms with E-state index >= 15 is 0 Å². The first-order valence-electron chi connectivity index (χ1n) is 6.54. The summed E-state index contributed by atoms with van der Waals surface area (Å²) < 4.78 is 4.67. The minimum absolute atomic E-state index is 0.264. The Morgan fingerprint density at radius 2 is 1.35 bits per heavy atom. The van der Waals surface area contributed by atoms with Gasteiger partial charge in [-0.3, -0.25) is 0 Å². The third-order valence-corrected chi connectivity index (χ3v) is 4.01. The minimum atomic E-state index is -1.21. The molecule has 1 fully saturated rings. The average molecular weight is 266 g/mol. The van der Waals surface area contributed by atoms with E-state index < -0.39 is 17.4 Å². The van der Waals surface area contributed by atoms with Crippen molar-refractivity contribution in [3.63, 3.8) is 0 Å². The topological polar surface area (TPSA) is 43.4 Å². The zero-order chi connectivity index (χ0) is 14.2. The summed E-state index contributed by atoms with van der Waals surface area (Å²) in [6.07, 6.45) is 0. The summed E-state index contributed by atoms with van der Waals surface area (Å²) in [4.78, 5) is 24.3. The summed E-state index contributed by atoms with van der Waals surface area (Å²) in [6.45, 7) is 1.89. The van der Waals surface area contributed by atoms with Crippen molar-refractivity contribution in [2.24, 2.45) is 0 Å². The van der Waals surface area contributed by atoms with E-state index in [-0.39, 0.29) is 5.92 Å². The molecule has 1 aliphatic heterocycles. The van der Waals surface area contributed by atoms with E-state index in [0.717, 1.165) is 5.56 Å². The highest BCUT2D eigenvalue weighted by molar-refractivity contribution is 6.20. The fourth-order valence-corrected chi connectivity index (χ4v) is 2.81. The van der Waals surface area contributed by atoms with Crippen LogP contribution in [-0.2, 0) is 19.7 Å². The van der Waals surface area contributed by atoms with Gasteiger partial charge < -0.3 is 4.74 Å². The first-order chi connectivity index (χ1) is 9.67. The Morgan fingerprint density at radius 3 is 1.85 bits per heavy atom. The van der Waals surface area contributed by atoms with Crippen molar-refractivity contribution in [2.45, 2.75) is 18.3 Å². The predicted octanol–water partition coefficient (Wildman–Crippen LogP) is 2.81. The minimum Gasteiger partial charge on any atom is -0.391 e. The second kappa shape index (κ2) is 4.60. The monoisotopic (exact) mass is 266 g/mol. The number of esters is 2. The van der Waals surface area contributed by atoms with Gasteiger partial charge in [0, 0.05) is 5.92 Å². The molecule has 0 saturated carbocycles. The Morgan fingerprint density at radius 1 is 0.850 bits per heavy atom. The molecule has 0 amide bonds. The number of rotatable bonds is 3. The number of benzene rings is 2. The van der Waals surface area contributed by atoms with Crippen LogP contribution in [0.5, 0.6) is 0 Å². The zero-order valence-corrected chi connectivity index (χ0v) is 11.1. The van der Waals surface area contributed by atoms with Gasteiger partial charge in [0.05, 0.1) is 0 Å². The van der Waals surface area contributed by atoms with E-state index in [1.807, 2.05) is 55.5 Å². The molecule has 2 aromatic carbocycles. The van der Waals surface area contributed by atoms with Gasteiger partial charge in [-0.25, -0.2) is 9.59 Å². The van der Waals surface area contributed by atoms with Gasteiger partial charge in [0.2, 0.25) is 0 Å². The summed E-state index contributed by atoms with van der Waals surface area (Å²) in [5, 5.41) is 0. The van der Waals surface area contributed by atoms with Crippen LogP contribution in [0.1, 0.15) is 24.0 Å². The molecule has 1 atom stereocenters. The number of hydrogen-bond acceptors (Lipinski definition) is 3. The van der Waals surface area contributed by atoms with Crippen LogP contribution in [0, 0.1) is 0 Å². The number of hydrogen-bond donors (Lipinski definition) is 0. The Bertz CT molecular complexity index is 632. The summed E-state index contributed by atoms with van der Waals surface area (Å²) >= 11 is 0. The zero-order valence-electron chi connectivity index (χ0n) is 11.1. The molecule has 0 aromatic heterocycles. The standard InChI is InChI=1S/C17H14O3/c1-12(13-8-4-2-5-9-13)17(15(18)20-16(17)19)14-10-6-3-7-11-14/h2-12H,1H3. The largest absolute Gasteiger partial charge is 0.391 e. The number of ether oxygens (including phenoxy) is 1. The van der Waals surface area contributed by atoms with Gasteiger partial charge in [-0.2, -0.15) is 0 Å². The average Bonchev–Trinajstić information content (AvgIpc) is 2.49. The Balaban J connectivity index is 2.13. The van der Waals surface area contributed by atoms with E-state index in [1.54, 1.807) is 12.1 Å². The van der Waals surface area contributed by atoms with Crippen molar-refractivity contribution in [1.82, 2.24) is 0 Å². The van der Waals surface area contributed by atoms with Gasteiger partial charge in [-0.05, 0) is 11.1 Å². The number of carbonyl (C=O) groups is 2. The first-order valence-corrected chi connectivity index (χ1v) is 6.54. The molecule has 0 aliphatic carbocycles. The second-order valence-corrected chi connectivity index (χ2v) is 4.98. The molecule has 3 heteroatoms. The van der Waals surface area contributed by atoms with Crippen molar-refractivity contribution in [1.29, 1.82) is 0 Å². The highest BCUT2D eigenvalue weighted by Gasteiger charge is 2.63. The van der Waals surface area contributed by atoms with E-state index in [2.05, 4.69) is 4.74 Å². The quantitative estimate of drug-likeness (QED) is 0.633. The highest BCUT2D eigenvalue weighted by atomic mass is 16.6.